The average molecular weight is 534 g/mol. The Labute approximate surface area is 213 Å². The first-order chi connectivity index (χ1) is 15.8. The molecule has 1 fully saturated rings. The number of alkyl halides is 3. The lowest BCUT2D eigenvalue weighted by Crippen LogP contribution is -2.65. The number of benzene rings is 1. The SMILES string of the molecule is CC(=O)N1CC2CC(c3cccc(CCO)c3)=C(C(=O)O)C(C1)N2C(=O)OC(C)(C)C(Cl)(Cl)Cl. The summed E-state index contributed by atoms with van der Waals surface area (Å²) >= 11 is 17.9. The van der Waals surface area contributed by atoms with Gasteiger partial charge >= 0.3 is 12.1 Å². The van der Waals surface area contributed by atoms with Crippen molar-refractivity contribution in [3.05, 3.63) is 41.0 Å². The Kier molecular flexibility index (Phi) is 7.77. The van der Waals surface area contributed by atoms with Crippen LogP contribution in [0.25, 0.3) is 5.57 Å². The van der Waals surface area contributed by atoms with E-state index in [1.165, 1.54) is 30.6 Å². The maximum atomic E-state index is 13.3. The third-order valence-electron chi connectivity index (χ3n) is 6.24. The summed E-state index contributed by atoms with van der Waals surface area (Å²) in [6.45, 7) is 4.47. The minimum Gasteiger partial charge on any atom is -0.478 e. The molecule has 11 heteroatoms. The fourth-order valence-corrected chi connectivity index (χ4v) is 4.47. The van der Waals surface area contributed by atoms with Crippen LogP contribution in [0, 0.1) is 0 Å². The molecule has 186 valence electrons. The number of carbonyl (C=O) groups is 3. The highest BCUT2D eigenvalue weighted by molar-refractivity contribution is 6.68. The fourth-order valence-electron chi connectivity index (χ4n) is 4.36. The number of hydrogen-bond donors (Lipinski definition) is 2. The van der Waals surface area contributed by atoms with Crippen molar-refractivity contribution in [2.45, 2.75) is 55.1 Å². The van der Waals surface area contributed by atoms with E-state index in [0.717, 1.165) is 5.56 Å². The molecule has 0 aliphatic carbocycles. The number of carbonyl (C=O) groups excluding carboxylic acids is 2. The molecule has 2 aliphatic heterocycles. The van der Waals surface area contributed by atoms with Gasteiger partial charge in [0.25, 0.3) is 0 Å². The Hall–Kier alpha value is -2.00. The van der Waals surface area contributed by atoms with E-state index in [0.29, 0.717) is 17.6 Å². The number of aliphatic hydroxyl groups excluding tert-OH is 1. The number of ether oxygens (including phenoxy) is 1. The van der Waals surface area contributed by atoms with Crippen molar-refractivity contribution >= 4 is 58.3 Å². The molecule has 0 aromatic heterocycles. The van der Waals surface area contributed by atoms with Gasteiger partial charge in [-0.25, -0.2) is 9.59 Å². The standard InChI is InChI=1S/C23H27Cl3N2O6/c1-13(30)27-11-16-10-17(15-6-4-5-14(9-15)7-8-29)19(20(31)32)18(12-27)28(16)21(33)34-22(2,3)23(24,25)26/h4-6,9,16,18,29H,7-8,10-12H2,1-3H3,(H,31,32). The van der Waals surface area contributed by atoms with Crippen LogP contribution in [0.1, 0.15) is 38.3 Å². The minimum absolute atomic E-state index is 0.00338. The summed E-state index contributed by atoms with van der Waals surface area (Å²) in [5.41, 5.74) is 0.653. The van der Waals surface area contributed by atoms with Crippen LogP contribution >= 0.6 is 34.8 Å². The van der Waals surface area contributed by atoms with E-state index in [4.69, 9.17) is 39.5 Å². The molecule has 2 amide bonds. The Morgan fingerprint density at radius 3 is 2.41 bits per heavy atom. The summed E-state index contributed by atoms with van der Waals surface area (Å²) in [6.07, 6.45) is -0.200. The summed E-state index contributed by atoms with van der Waals surface area (Å²) < 4.78 is 3.62. The van der Waals surface area contributed by atoms with Crippen LogP contribution < -0.4 is 0 Å². The van der Waals surface area contributed by atoms with Crippen LogP contribution in [0.5, 0.6) is 0 Å². The quantitative estimate of drug-likeness (QED) is 0.560. The first-order valence-electron chi connectivity index (χ1n) is 10.8. The van der Waals surface area contributed by atoms with Gasteiger partial charge in [-0.15, -0.1) is 0 Å². The van der Waals surface area contributed by atoms with E-state index < -0.39 is 33.5 Å². The van der Waals surface area contributed by atoms with Crippen LogP contribution in [0.15, 0.2) is 29.8 Å². The average Bonchev–Trinajstić information content (AvgIpc) is 2.71. The highest BCUT2D eigenvalue weighted by atomic mass is 35.6. The summed E-state index contributed by atoms with van der Waals surface area (Å²) in [7, 11) is 0. The largest absolute Gasteiger partial charge is 0.478 e. The van der Waals surface area contributed by atoms with Gasteiger partial charge in [0.2, 0.25) is 9.70 Å². The van der Waals surface area contributed by atoms with Crippen molar-refractivity contribution in [2.75, 3.05) is 19.7 Å². The van der Waals surface area contributed by atoms with Crippen LogP contribution in [-0.4, -0.2) is 79.2 Å². The lowest BCUT2D eigenvalue weighted by Gasteiger charge is -2.50. The van der Waals surface area contributed by atoms with Crippen molar-refractivity contribution in [3.63, 3.8) is 0 Å². The maximum absolute atomic E-state index is 13.3. The molecule has 1 saturated heterocycles. The lowest BCUT2D eigenvalue weighted by atomic mass is 9.81. The van der Waals surface area contributed by atoms with Gasteiger partial charge < -0.3 is 19.8 Å². The van der Waals surface area contributed by atoms with E-state index in [1.807, 2.05) is 12.1 Å². The molecule has 1 aromatic carbocycles. The Balaban J connectivity index is 2.09. The summed E-state index contributed by atoms with van der Waals surface area (Å²) in [5, 5.41) is 19.5. The number of aliphatic hydroxyl groups is 1. The van der Waals surface area contributed by atoms with E-state index in [9.17, 15) is 24.6 Å². The molecule has 1 aromatic rings. The van der Waals surface area contributed by atoms with E-state index in [-0.39, 0.29) is 37.6 Å². The molecule has 0 saturated carbocycles. The van der Waals surface area contributed by atoms with Crippen LogP contribution in [0.3, 0.4) is 0 Å². The second-order valence-electron chi connectivity index (χ2n) is 8.95. The van der Waals surface area contributed by atoms with Gasteiger partial charge in [0, 0.05) is 26.6 Å². The number of aliphatic carboxylic acids is 1. The summed E-state index contributed by atoms with van der Waals surface area (Å²) in [4.78, 5) is 40.8. The fraction of sp³-hybridized carbons (Fsp3) is 0.522. The zero-order valence-corrected chi connectivity index (χ0v) is 21.3. The molecule has 0 radical (unpaired) electrons. The van der Waals surface area contributed by atoms with Crippen molar-refractivity contribution in [2.24, 2.45) is 0 Å². The second-order valence-corrected chi connectivity index (χ2v) is 11.2. The highest BCUT2D eigenvalue weighted by Crippen LogP contribution is 2.43. The number of halogens is 3. The monoisotopic (exact) mass is 532 g/mol. The van der Waals surface area contributed by atoms with Gasteiger partial charge in [-0.1, -0.05) is 59.1 Å². The van der Waals surface area contributed by atoms with Gasteiger partial charge in [-0.3, -0.25) is 9.69 Å². The van der Waals surface area contributed by atoms with Crippen LogP contribution in [0.4, 0.5) is 4.79 Å². The van der Waals surface area contributed by atoms with Gasteiger partial charge in [0.1, 0.15) is 0 Å². The highest BCUT2D eigenvalue weighted by Gasteiger charge is 2.51. The number of amides is 2. The Morgan fingerprint density at radius 1 is 1.18 bits per heavy atom. The molecular formula is C23H27Cl3N2O6. The molecule has 2 N–H and O–H groups in total. The molecule has 2 bridgehead atoms. The van der Waals surface area contributed by atoms with Crippen molar-refractivity contribution in [1.82, 2.24) is 9.80 Å². The smallest absolute Gasteiger partial charge is 0.411 e. The Morgan fingerprint density at radius 2 is 1.85 bits per heavy atom. The van der Waals surface area contributed by atoms with E-state index in [2.05, 4.69) is 0 Å². The van der Waals surface area contributed by atoms with Gasteiger partial charge in [-0.05, 0) is 43.4 Å². The number of carboxylic acids is 1. The van der Waals surface area contributed by atoms with Gasteiger partial charge in [0.15, 0.2) is 5.60 Å². The number of fused-ring (bicyclic) bond motifs is 2. The second kappa shape index (κ2) is 9.93. The van der Waals surface area contributed by atoms with Crippen molar-refractivity contribution in [3.8, 4) is 0 Å². The van der Waals surface area contributed by atoms with Crippen LogP contribution in [0.2, 0.25) is 0 Å². The first kappa shape index (κ1) is 26.6. The van der Waals surface area contributed by atoms with E-state index >= 15 is 0 Å². The lowest BCUT2D eigenvalue weighted by molar-refractivity contribution is -0.137. The third kappa shape index (κ3) is 5.30. The summed E-state index contributed by atoms with van der Waals surface area (Å²) in [5.74, 6) is -1.42. The van der Waals surface area contributed by atoms with Gasteiger partial charge in [-0.2, -0.15) is 0 Å². The molecule has 8 nitrogen and oxygen atoms in total. The van der Waals surface area contributed by atoms with Crippen LogP contribution in [-0.2, 0) is 20.7 Å². The molecule has 0 spiro atoms. The van der Waals surface area contributed by atoms with Gasteiger partial charge in [0.05, 0.1) is 17.7 Å². The van der Waals surface area contributed by atoms with Crippen molar-refractivity contribution < 1.29 is 29.3 Å². The molecule has 2 atom stereocenters. The zero-order valence-electron chi connectivity index (χ0n) is 19.1. The normalized spacial score (nSPS) is 20.9. The molecular weight excluding hydrogens is 507 g/mol. The molecule has 34 heavy (non-hydrogen) atoms. The maximum Gasteiger partial charge on any atom is 0.411 e. The topological polar surface area (TPSA) is 107 Å². The Bertz CT molecular complexity index is 1020. The first-order valence-corrected chi connectivity index (χ1v) is 11.9. The molecule has 3 rings (SSSR count). The number of hydrogen-bond acceptors (Lipinski definition) is 5. The zero-order chi connectivity index (χ0) is 25.4. The predicted octanol–water partition coefficient (Wildman–Crippen LogP) is 3.65. The van der Waals surface area contributed by atoms with E-state index in [1.54, 1.807) is 12.1 Å². The molecule has 2 aliphatic rings. The molecule has 2 unspecified atom stereocenters. The van der Waals surface area contributed by atoms with Crippen molar-refractivity contribution in [1.29, 1.82) is 0 Å². The minimum atomic E-state index is -1.91. The predicted molar refractivity (Wildman–Crippen MR) is 129 cm³/mol. The number of piperazine rings is 1. The number of rotatable bonds is 5. The number of nitrogens with zero attached hydrogens (tertiary/aromatic N) is 2. The summed E-state index contributed by atoms with van der Waals surface area (Å²) in [6, 6.07) is 5.80. The number of carboxylic acid groups (broad SMARTS) is 1. The third-order valence-corrected chi connectivity index (χ3v) is 7.60. The molecule has 2 heterocycles.